The molecule has 0 aliphatic carbocycles. The van der Waals surface area contributed by atoms with Gasteiger partial charge in [0.15, 0.2) is 0 Å². The van der Waals surface area contributed by atoms with Gasteiger partial charge in [0.05, 0.1) is 16.4 Å². The molecule has 0 atom stereocenters. The first-order chi connectivity index (χ1) is 9.47. The molecule has 0 radical (unpaired) electrons. The summed E-state index contributed by atoms with van der Waals surface area (Å²) in [6, 6.07) is 5.63. The van der Waals surface area contributed by atoms with E-state index in [1.54, 1.807) is 17.0 Å². The van der Waals surface area contributed by atoms with Crippen LogP contribution in [0.4, 0.5) is 5.69 Å². The maximum absolute atomic E-state index is 11.9. The van der Waals surface area contributed by atoms with Crippen LogP contribution >= 0.6 is 11.6 Å². The van der Waals surface area contributed by atoms with Gasteiger partial charge in [-0.2, -0.15) is 5.10 Å². The van der Waals surface area contributed by atoms with Crippen LogP contribution in [0, 0.1) is 13.8 Å². The van der Waals surface area contributed by atoms with E-state index < -0.39 is 0 Å². The van der Waals surface area contributed by atoms with Gasteiger partial charge in [0.25, 0.3) is 0 Å². The van der Waals surface area contributed by atoms with Crippen LogP contribution in [0.1, 0.15) is 16.8 Å². The van der Waals surface area contributed by atoms with Gasteiger partial charge >= 0.3 is 0 Å². The minimum absolute atomic E-state index is 0.222. The third kappa shape index (κ3) is 3.27. The molecule has 0 bridgehead atoms. The number of hydrogen-bond donors (Lipinski definition) is 1. The Hall–Kier alpha value is -2.07. The molecule has 1 amide bonds. The number of aryl methyl sites for hydroxylation is 3. The van der Waals surface area contributed by atoms with Crippen molar-refractivity contribution in [2.75, 3.05) is 5.32 Å². The van der Waals surface area contributed by atoms with E-state index in [-0.39, 0.29) is 5.91 Å². The highest BCUT2D eigenvalue weighted by molar-refractivity contribution is 6.34. The van der Waals surface area contributed by atoms with Gasteiger partial charge in [-0.05, 0) is 43.2 Å². The number of hydrogen-bond acceptors (Lipinski definition) is 2. The third-order valence-electron chi connectivity index (χ3n) is 2.94. The van der Waals surface area contributed by atoms with E-state index in [1.165, 1.54) is 6.08 Å². The second-order valence-electron chi connectivity index (χ2n) is 4.64. The predicted octanol–water partition coefficient (Wildman–Crippen LogP) is 3.34. The van der Waals surface area contributed by atoms with Crippen LogP contribution in [0.3, 0.4) is 0 Å². The van der Waals surface area contributed by atoms with E-state index in [0.29, 0.717) is 10.7 Å². The van der Waals surface area contributed by atoms with Crippen LogP contribution < -0.4 is 5.32 Å². The zero-order valence-corrected chi connectivity index (χ0v) is 12.4. The van der Waals surface area contributed by atoms with Gasteiger partial charge in [0.2, 0.25) is 5.91 Å². The van der Waals surface area contributed by atoms with Gasteiger partial charge in [-0.25, -0.2) is 0 Å². The second kappa shape index (κ2) is 5.92. The third-order valence-corrected chi connectivity index (χ3v) is 3.24. The minimum atomic E-state index is -0.222. The number of benzene rings is 1. The summed E-state index contributed by atoms with van der Waals surface area (Å²) in [7, 11) is 1.82. The Labute approximate surface area is 123 Å². The number of nitrogens with one attached hydrogen (secondary N) is 1. The van der Waals surface area contributed by atoms with E-state index in [1.807, 2.05) is 39.1 Å². The molecule has 0 aliphatic rings. The molecule has 0 spiro atoms. The predicted molar refractivity (Wildman–Crippen MR) is 81.8 cm³/mol. The zero-order chi connectivity index (χ0) is 14.7. The zero-order valence-electron chi connectivity index (χ0n) is 11.6. The molecule has 1 N–H and O–H groups in total. The fourth-order valence-corrected chi connectivity index (χ4v) is 2.32. The highest BCUT2D eigenvalue weighted by Gasteiger charge is 2.07. The van der Waals surface area contributed by atoms with Gasteiger partial charge in [-0.15, -0.1) is 0 Å². The maximum Gasteiger partial charge on any atom is 0.248 e. The lowest BCUT2D eigenvalue weighted by molar-refractivity contribution is -0.111. The number of nitrogens with zero attached hydrogens (tertiary/aromatic N) is 2. The molecule has 2 aromatic rings. The molecule has 0 aliphatic heterocycles. The summed E-state index contributed by atoms with van der Waals surface area (Å²) >= 11 is 6.15. The van der Waals surface area contributed by atoms with Crippen molar-refractivity contribution in [3.63, 3.8) is 0 Å². The Morgan fingerprint density at radius 1 is 1.40 bits per heavy atom. The SMILES string of the molecule is Cc1cc(C)c(NC(=O)/C=C/c2ccnn2C)c(Cl)c1. The standard InChI is InChI=1S/C15H16ClN3O/c1-10-8-11(2)15(13(16)9-10)18-14(20)5-4-12-6-7-17-19(12)3/h4-9H,1-3H3,(H,18,20)/b5-4+. The average molecular weight is 290 g/mol. The normalized spacial score (nSPS) is 11.0. The molecule has 2 rings (SSSR count). The van der Waals surface area contributed by atoms with Gasteiger partial charge in [0, 0.05) is 19.3 Å². The summed E-state index contributed by atoms with van der Waals surface area (Å²) in [5, 5.41) is 7.38. The van der Waals surface area contributed by atoms with Crippen molar-refractivity contribution in [1.29, 1.82) is 0 Å². The largest absolute Gasteiger partial charge is 0.321 e. The van der Waals surface area contributed by atoms with Crippen LogP contribution in [-0.4, -0.2) is 15.7 Å². The monoisotopic (exact) mass is 289 g/mol. The molecule has 0 unspecified atom stereocenters. The lowest BCUT2D eigenvalue weighted by Gasteiger charge is -2.10. The maximum atomic E-state index is 11.9. The van der Waals surface area contributed by atoms with Gasteiger partial charge in [-0.1, -0.05) is 17.7 Å². The molecule has 104 valence electrons. The number of anilines is 1. The Morgan fingerprint density at radius 3 is 2.75 bits per heavy atom. The van der Waals surface area contributed by atoms with Crippen molar-refractivity contribution in [3.05, 3.63) is 52.3 Å². The van der Waals surface area contributed by atoms with Crippen molar-refractivity contribution < 1.29 is 4.79 Å². The van der Waals surface area contributed by atoms with E-state index in [4.69, 9.17) is 11.6 Å². The smallest absolute Gasteiger partial charge is 0.248 e. The molecule has 5 heteroatoms. The van der Waals surface area contributed by atoms with Gasteiger partial charge in [0.1, 0.15) is 0 Å². The van der Waals surface area contributed by atoms with Crippen molar-refractivity contribution >= 4 is 29.3 Å². The summed E-state index contributed by atoms with van der Waals surface area (Å²) in [5.41, 5.74) is 3.51. The summed E-state index contributed by atoms with van der Waals surface area (Å²) in [4.78, 5) is 11.9. The van der Waals surface area contributed by atoms with Crippen LogP contribution in [-0.2, 0) is 11.8 Å². The van der Waals surface area contributed by atoms with Crippen LogP contribution in [0.2, 0.25) is 5.02 Å². The molecule has 4 nitrogen and oxygen atoms in total. The molecular weight excluding hydrogens is 274 g/mol. The van der Waals surface area contributed by atoms with Crippen LogP contribution in [0.15, 0.2) is 30.5 Å². The number of halogens is 1. The molecule has 1 aromatic carbocycles. The van der Waals surface area contributed by atoms with Gasteiger partial charge in [-0.3, -0.25) is 9.48 Å². The van der Waals surface area contributed by atoms with Crippen molar-refractivity contribution in [2.24, 2.45) is 7.05 Å². The van der Waals surface area contributed by atoms with Crippen molar-refractivity contribution in [1.82, 2.24) is 9.78 Å². The molecular formula is C15H16ClN3O. The molecule has 1 heterocycles. The number of rotatable bonds is 3. The number of carbonyl (C=O) groups excluding carboxylic acids is 1. The quantitative estimate of drug-likeness (QED) is 0.881. The summed E-state index contributed by atoms with van der Waals surface area (Å²) in [6.45, 7) is 3.88. The summed E-state index contributed by atoms with van der Waals surface area (Å²) < 4.78 is 1.69. The Balaban J connectivity index is 2.13. The van der Waals surface area contributed by atoms with Gasteiger partial charge < -0.3 is 5.32 Å². The second-order valence-corrected chi connectivity index (χ2v) is 5.05. The van der Waals surface area contributed by atoms with E-state index in [9.17, 15) is 4.79 Å². The first kappa shape index (κ1) is 14.3. The number of carbonyl (C=O) groups is 1. The molecule has 0 saturated heterocycles. The summed E-state index contributed by atoms with van der Waals surface area (Å²) in [6.07, 6.45) is 4.85. The summed E-state index contributed by atoms with van der Waals surface area (Å²) in [5.74, 6) is -0.222. The highest BCUT2D eigenvalue weighted by Crippen LogP contribution is 2.27. The molecule has 0 saturated carbocycles. The van der Waals surface area contributed by atoms with Crippen molar-refractivity contribution in [3.8, 4) is 0 Å². The Bertz CT molecular complexity index is 651. The number of amides is 1. The first-order valence-corrected chi connectivity index (χ1v) is 6.59. The lowest BCUT2D eigenvalue weighted by Crippen LogP contribution is -2.10. The fraction of sp³-hybridized carbons (Fsp3) is 0.200. The molecule has 20 heavy (non-hydrogen) atoms. The Kier molecular flexibility index (Phi) is 4.25. The van der Waals surface area contributed by atoms with E-state index in [2.05, 4.69) is 10.4 Å². The Morgan fingerprint density at radius 2 is 2.15 bits per heavy atom. The number of aromatic nitrogens is 2. The van der Waals surface area contributed by atoms with E-state index in [0.717, 1.165) is 16.8 Å². The van der Waals surface area contributed by atoms with Crippen LogP contribution in [0.5, 0.6) is 0 Å². The average Bonchev–Trinajstić information content (AvgIpc) is 2.77. The minimum Gasteiger partial charge on any atom is -0.321 e. The van der Waals surface area contributed by atoms with E-state index >= 15 is 0 Å². The molecule has 0 fully saturated rings. The molecule has 1 aromatic heterocycles. The van der Waals surface area contributed by atoms with Crippen molar-refractivity contribution in [2.45, 2.75) is 13.8 Å². The van der Waals surface area contributed by atoms with Crippen LogP contribution in [0.25, 0.3) is 6.08 Å². The fourth-order valence-electron chi connectivity index (χ4n) is 1.95. The highest BCUT2D eigenvalue weighted by atomic mass is 35.5. The topological polar surface area (TPSA) is 46.9 Å². The lowest BCUT2D eigenvalue weighted by atomic mass is 10.1. The first-order valence-electron chi connectivity index (χ1n) is 6.21.